The number of likely N-dealkylation sites (N-methyl/N-ethyl adjacent to an activating group) is 1. The number of carbonyl (C=O) groups excluding carboxylic acids is 1. The first-order chi connectivity index (χ1) is 8.11. The standard InChI is InChI=1S/C12H16N2O3/c1-14-6-5-10(12(14)15)17-11-7-8(16-2)3-4-9(11)13/h3-4,7,10H,5-6,13H2,1-2H3. The maximum absolute atomic E-state index is 11.7. The van der Waals surface area contributed by atoms with E-state index in [0.717, 1.165) is 0 Å². The number of nitrogens with two attached hydrogens (primary N) is 1. The Morgan fingerprint density at radius 3 is 2.82 bits per heavy atom. The molecule has 1 amide bonds. The lowest BCUT2D eigenvalue weighted by molar-refractivity contribution is -0.132. The Hall–Kier alpha value is -1.91. The van der Waals surface area contributed by atoms with Crippen LogP contribution in [0, 0.1) is 0 Å². The molecule has 1 aromatic carbocycles. The molecule has 5 nitrogen and oxygen atoms in total. The second kappa shape index (κ2) is 4.53. The van der Waals surface area contributed by atoms with Gasteiger partial charge in [0.05, 0.1) is 12.8 Å². The number of hydrogen-bond acceptors (Lipinski definition) is 4. The van der Waals surface area contributed by atoms with E-state index in [9.17, 15) is 4.79 Å². The van der Waals surface area contributed by atoms with Crippen LogP contribution in [-0.4, -0.2) is 37.6 Å². The molecule has 17 heavy (non-hydrogen) atoms. The molecule has 0 aliphatic carbocycles. The van der Waals surface area contributed by atoms with E-state index < -0.39 is 6.10 Å². The summed E-state index contributed by atoms with van der Waals surface area (Å²) in [4.78, 5) is 13.4. The smallest absolute Gasteiger partial charge is 0.263 e. The summed E-state index contributed by atoms with van der Waals surface area (Å²) in [6.45, 7) is 0.716. The zero-order valence-electron chi connectivity index (χ0n) is 9.97. The maximum Gasteiger partial charge on any atom is 0.263 e. The van der Waals surface area contributed by atoms with Gasteiger partial charge in [0, 0.05) is 26.1 Å². The summed E-state index contributed by atoms with van der Waals surface area (Å²) in [5.41, 5.74) is 6.30. The van der Waals surface area contributed by atoms with Crippen LogP contribution in [0.5, 0.6) is 11.5 Å². The highest BCUT2D eigenvalue weighted by Crippen LogP contribution is 2.29. The van der Waals surface area contributed by atoms with Gasteiger partial charge in [-0.15, -0.1) is 0 Å². The first kappa shape index (κ1) is 11.6. The monoisotopic (exact) mass is 236 g/mol. The summed E-state index contributed by atoms with van der Waals surface area (Å²) in [5, 5.41) is 0. The molecule has 1 saturated heterocycles. The normalized spacial score (nSPS) is 19.5. The van der Waals surface area contributed by atoms with Gasteiger partial charge in [-0.25, -0.2) is 0 Å². The lowest BCUT2D eigenvalue weighted by atomic mass is 10.2. The van der Waals surface area contributed by atoms with Gasteiger partial charge in [0.2, 0.25) is 0 Å². The Morgan fingerprint density at radius 2 is 2.24 bits per heavy atom. The van der Waals surface area contributed by atoms with Crippen molar-refractivity contribution in [2.24, 2.45) is 0 Å². The molecule has 1 aliphatic heterocycles. The van der Waals surface area contributed by atoms with Crippen molar-refractivity contribution < 1.29 is 14.3 Å². The third-order valence-corrected chi connectivity index (χ3v) is 2.87. The van der Waals surface area contributed by atoms with Crippen LogP contribution in [0.15, 0.2) is 18.2 Å². The molecule has 0 radical (unpaired) electrons. The zero-order valence-corrected chi connectivity index (χ0v) is 9.97. The molecule has 0 bridgehead atoms. The fourth-order valence-corrected chi connectivity index (χ4v) is 1.80. The van der Waals surface area contributed by atoms with Gasteiger partial charge in [-0.05, 0) is 12.1 Å². The molecule has 1 heterocycles. The number of carbonyl (C=O) groups is 1. The molecule has 2 N–H and O–H groups in total. The van der Waals surface area contributed by atoms with Crippen molar-refractivity contribution in [3.8, 4) is 11.5 Å². The number of ether oxygens (including phenoxy) is 2. The van der Waals surface area contributed by atoms with Gasteiger partial charge in [-0.1, -0.05) is 0 Å². The molecule has 1 fully saturated rings. The fourth-order valence-electron chi connectivity index (χ4n) is 1.80. The maximum atomic E-state index is 11.7. The number of nitrogens with zero attached hydrogens (tertiary/aromatic N) is 1. The van der Waals surface area contributed by atoms with Crippen LogP contribution in [0.4, 0.5) is 5.69 Å². The molecule has 2 rings (SSSR count). The van der Waals surface area contributed by atoms with Crippen molar-refractivity contribution >= 4 is 11.6 Å². The lowest BCUT2D eigenvalue weighted by Crippen LogP contribution is -2.29. The van der Waals surface area contributed by atoms with Gasteiger partial charge in [0.25, 0.3) is 5.91 Å². The van der Waals surface area contributed by atoms with Gasteiger partial charge in [-0.3, -0.25) is 4.79 Å². The van der Waals surface area contributed by atoms with Crippen molar-refractivity contribution in [2.75, 3.05) is 26.4 Å². The van der Waals surface area contributed by atoms with Crippen LogP contribution in [0.1, 0.15) is 6.42 Å². The van der Waals surface area contributed by atoms with Crippen LogP contribution >= 0.6 is 0 Å². The molecule has 1 atom stereocenters. The van der Waals surface area contributed by atoms with E-state index in [4.69, 9.17) is 15.2 Å². The number of rotatable bonds is 3. The minimum absolute atomic E-state index is 0.00720. The highest BCUT2D eigenvalue weighted by molar-refractivity contribution is 5.83. The highest BCUT2D eigenvalue weighted by atomic mass is 16.5. The number of amides is 1. The Labute approximate surface area is 100 Å². The van der Waals surface area contributed by atoms with Crippen LogP contribution in [-0.2, 0) is 4.79 Å². The van der Waals surface area contributed by atoms with Crippen molar-refractivity contribution in [2.45, 2.75) is 12.5 Å². The van der Waals surface area contributed by atoms with E-state index in [2.05, 4.69) is 0 Å². The second-order valence-corrected chi connectivity index (χ2v) is 4.06. The van der Waals surface area contributed by atoms with Crippen LogP contribution in [0.3, 0.4) is 0 Å². The fraction of sp³-hybridized carbons (Fsp3) is 0.417. The summed E-state index contributed by atoms with van der Waals surface area (Å²) < 4.78 is 10.7. The third kappa shape index (κ3) is 2.27. The summed E-state index contributed by atoms with van der Waals surface area (Å²) in [5.74, 6) is 1.15. The van der Waals surface area contributed by atoms with E-state index in [0.29, 0.717) is 30.2 Å². The van der Waals surface area contributed by atoms with Gasteiger partial charge in [0.15, 0.2) is 6.10 Å². The van der Waals surface area contributed by atoms with Crippen LogP contribution < -0.4 is 15.2 Å². The van der Waals surface area contributed by atoms with Gasteiger partial charge in [0.1, 0.15) is 11.5 Å². The Balaban J connectivity index is 2.15. The average Bonchev–Trinajstić information content (AvgIpc) is 2.64. The number of likely N-dealkylation sites (tertiary alicyclic amines) is 1. The van der Waals surface area contributed by atoms with Crippen molar-refractivity contribution in [1.82, 2.24) is 4.90 Å². The van der Waals surface area contributed by atoms with E-state index in [1.165, 1.54) is 0 Å². The Morgan fingerprint density at radius 1 is 1.47 bits per heavy atom. The first-order valence-corrected chi connectivity index (χ1v) is 5.47. The van der Waals surface area contributed by atoms with Crippen LogP contribution in [0.25, 0.3) is 0 Å². The number of hydrogen-bond donors (Lipinski definition) is 1. The van der Waals surface area contributed by atoms with Crippen LogP contribution in [0.2, 0.25) is 0 Å². The predicted molar refractivity (Wildman–Crippen MR) is 64.1 cm³/mol. The molecule has 1 aliphatic rings. The summed E-state index contributed by atoms with van der Waals surface area (Å²) in [6, 6.07) is 5.16. The first-order valence-electron chi connectivity index (χ1n) is 5.47. The minimum atomic E-state index is -0.436. The zero-order chi connectivity index (χ0) is 12.4. The molecular formula is C12H16N2O3. The molecule has 92 valence electrons. The van der Waals surface area contributed by atoms with Gasteiger partial charge in [-0.2, -0.15) is 0 Å². The molecule has 5 heteroatoms. The summed E-state index contributed by atoms with van der Waals surface area (Å²) in [6.07, 6.45) is 0.251. The molecule has 1 aromatic rings. The molecule has 0 spiro atoms. The largest absolute Gasteiger partial charge is 0.497 e. The molecule has 1 unspecified atom stereocenters. The topological polar surface area (TPSA) is 64.8 Å². The van der Waals surface area contributed by atoms with E-state index in [-0.39, 0.29) is 5.91 Å². The SMILES string of the molecule is COc1ccc(N)c(OC2CCN(C)C2=O)c1. The highest BCUT2D eigenvalue weighted by Gasteiger charge is 2.31. The molecule has 0 aromatic heterocycles. The van der Waals surface area contributed by atoms with Gasteiger partial charge < -0.3 is 20.1 Å². The number of anilines is 1. The number of methoxy groups -OCH3 is 1. The number of benzene rings is 1. The average molecular weight is 236 g/mol. The van der Waals surface area contributed by atoms with Crippen molar-refractivity contribution in [1.29, 1.82) is 0 Å². The number of nitrogen functional groups attached to an aromatic ring is 1. The van der Waals surface area contributed by atoms with E-state index in [1.807, 2.05) is 0 Å². The van der Waals surface area contributed by atoms with Crippen molar-refractivity contribution in [3.63, 3.8) is 0 Å². The summed E-state index contributed by atoms with van der Waals surface area (Å²) in [7, 11) is 3.34. The van der Waals surface area contributed by atoms with Crippen molar-refractivity contribution in [3.05, 3.63) is 18.2 Å². The van der Waals surface area contributed by atoms with E-state index in [1.54, 1.807) is 37.3 Å². The Bertz CT molecular complexity index is 434. The van der Waals surface area contributed by atoms with E-state index >= 15 is 0 Å². The lowest BCUT2D eigenvalue weighted by Gasteiger charge is -2.15. The predicted octanol–water partition coefficient (Wildman–Crippen LogP) is 0.887. The Kier molecular flexibility index (Phi) is 3.08. The summed E-state index contributed by atoms with van der Waals surface area (Å²) >= 11 is 0. The quantitative estimate of drug-likeness (QED) is 0.791. The second-order valence-electron chi connectivity index (χ2n) is 4.06. The molecule has 0 saturated carbocycles. The minimum Gasteiger partial charge on any atom is -0.497 e. The third-order valence-electron chi connectivity index (χ3n) is 2.87. The van der Waals surface area contributed by atoms with Gasteiger partial charge >= 0.3 is 0 Å². The molecular weight excluding hydrogens is 220 g/mol.